The van der Waals surface area contributed by atoms with E-state index in [1.165, 1.54) is 0 Å². The van der Waals surface area contributed by atoms with Gasteiger partial charge in [-0.2, -0.15) is 4.98 Å². The summed E-state index contributed by atoms with van der Waals surface area (Å²) in [6.07, 6.45) is 4.27. The van der Waals surface area contributed by atoms with Gasteiger partial charge in [-0.1, -0.05) is 47.6 Å². The van der Waals surface area contributed by atoms with Crippen LogP contribution in [0.5, 0.6) is 5.75 Å². The second kappa shape index (κ2) is 10.9. The van der Waals surface area contributed by atoms with E-state index in [-0.39, 0.29) is 29.7 Å². The summed E-state index contributed by atoms with van der Waals surface area (Å²) in [6.45, 7) is 1.63. The van der Waals surface area contributed by atoms with Crippen LogP contribution in [-0.4, -0.2) is 53.1 Å². The Kier molecular flexibility index (Phi) is 7.30. The van der Waals surface area contributed by atoms with Crippen LogP contribution in [0.1, 0.15) is 49.5 Å². The molecule has 0 bridgehead atoms. The molecule has 3 atom stereocenters. The Balaban J connectivity index is 1.28. The zero-order chi connectivity index (χ0) is 24.9. The number of rotatable bonds is 8. The van der Waals surface area contributed by atoms with Crippen molar-refractivity contribution in [2.45, 2.75) is 50.5 Å². The third-order valence-electron chi connectivity index (χ3n) is 7.27. The molecule has 0 radical (unpaired) electrons. The van der Waals surface area contributed by atoms with Gasteiger partial charge in [0.05, 0.1) is 13.0 Å². The molecule has 2 fully saturated rings. The predicted molar refractivity (Wildman–Crippen MR) is 134 cm³/mol. The van der Waals surface area contributed by atoms with Gasteiger partial charge in [0, 0.05) is 37.0 Å². The van der Waals surface area contributed by atoms with Crippen molar-refractivity contribution in [3.05, 3.63) is 66.1 Å². The number of hydrogen-bond donors (Lipinski definition) is 1. The van der Waals surface area contributed by atoms with Crippen LogP contribution in [0.25, 0.3) is 11.4 Å². The first kappa shape index (κ1) is 24.0. The first-order valence-corrected chi connectivity index (χ1v) is 12.7. The van der Waals surface area contributed by atoms with Crippen LogP contribution >= 0.6 is 0 Å². The molecule has 0 unspecified atom stereocenters. The van der Waals surface area contributed by atoms with E-state index in [0.717, 1.165) is 42.8 Å². The van der Waals surface area contributed by atoms with Gasteiger partial charge < -0.3 is 19.5 Å². The molecule has 1 saturated carbocycles. The van der Waals surface area contributed by atoms with Crippen LogP contribution in [0.15, 0.2) is 59.1 Å². The average molecular weight is 489 g/mol. The third kappa shape index (κ3) is 5.42. The monoisotopic (exact) mass is 488 g/mol. The normalized spacial score (nSPS) is 21.5. The molecule has 0 spiro atoms. The van der Waals surface area contributed by atoms with Crippen molar-refractivity contribution in [2.24, 2.45) is 5.92 Å². The van der Waals surface area contributed by atoms with Crippen LogP contribution in [-0.2, 0) is 16.0 Å². The summed E-state index contributed by atoms with van der Waals surface area (Å²) in [5.41, 5.74) is 1.94. The van der Waals surface area contributed by atoms with Gasteiger partial charge in [0.1, 0.15) is 5.75 Å². The highest BCUT2D eigenvalue weighted by Crippen LogP contribution is 2.40. The number of hydrogen-bond acceptors (Lipinski definition) is 6. The molecule has 1 saturated heterocycles. The number of amides is 2. The van der Waals surface area contributed by atoms with Crippen LogP contribution in [0.3, 0.4) is 0 Å². The number of nitrogens with zero attached hydrogens (tertiary/aromatic N) is 3. The summed E-state index contributed by atoms with van der Waals surface area (Å²) in [4.78, 5) is 32.7. The Labute approximate surface area is 211 Å². The largest absolute Gasteiger partial charge is 0.497 e. The minimum Gasteiger partial charge on any atom is -0.497 e. The molecule has 1 aromatic heterocycles. The van der Waals surface area contributed by atoms with E-state index < -0.39 is 0 Å². The van der Waals surface area contributed by atoms with Crippen LogP contribution in [0.2, 0.25) is 0 Å². The number of carbonyl (C=O) groups is 2. The molecule has 36 heavy (non-hydrogen) atoms. The fourth-order valence-electron chi connectivity index (χ4n) is 5.29. The summed E-state index contributed by atoms with van der Waals surface area (Å²) >= 11 is 0. The van der Waals surface area contributed by atoms with Crippen molar-refractivity contribution in [1.82, 2.24) is 20.4 Å². The lowest BCUT2D eigenvalue weighted by molar-refractivity contribution is -0.134. The van der Waals surface area contributed by atoms with E-state index in [1.807, 2.05) is 59.5 Å². The Hall–Kier alpha value is -3.68. The Morgan fingerprint density at radius 2 is 1.81 bits per heavy atom. The number of likely N-dealkylation sites (tertiary alicyclic amines) is 1. The predicted octanol–water partition coefficient (Wildman–Crippen LogP) is 3.98. The standard InChI is InChI=1S/C28H32N4O4/c1-35-22-12-9-19(10-13-22)11-14-25(33)29-24-18-21(28(34)32-15-5-6-16-32)17-23(24)27-30-26(31-36-27)20-7-3-2-4-8-20/h2-4,7-10,12-13,21,23-24H,5-6,11,14-18H2,1H3,(H,29,33)/t21-,23-,24+/m1/s1. The highest BCUT2D eigenvalue weighted by Gasteiger charge is 2.43. The molecule has 188 valence electrons. The van der Waals surface area contributed by atoms with Gasteiger partial charge in [-0.25, -0.2) is 0 Å². The molecule has 3 aromatic rings. The van der Waals surface area contributed by atoms with E-state index in [0.29, 0.717) is 37.4 Å². The highest BCUT2D eigenvalue weighted by atomic mass is 16.5. The highest BCUT2D eigenvalue weighted by molar-refractivity contribution is 5.80. The third-order valence-corrected chi connectivity index (χ3v) is 7.27. The van der Waals surface area contributed by atoms with Crippen molar-refractivity contribution >= 4 is 11.8 Å². The van der Waals surface area contributed by atoms with E-state index >= 15 is 0 Å². The number of aryl methyl sites for hydroxylation is 1. The number of benzene rings is 2. The number of nitrogens with one attached hydrogen (secondary N) is 1. The van der Waals surface area contributed by atoms with Gasteiger partial charge in [0.25, 0.3) is 0 Å². The van der Waals surface area contributed by atoms with Crippen LogP contribution in [0.4, 0.5) is 0 Å². The Bertz CT molecular complexity index is 1170. The fraction of sp³-hybridized carbons (Fsp3) is 0.429. The maximum Gasteiger partial charge on any atom is 0.232 e. The van der Waals surface area contributed by atoms with Gasteiger partial charge in [0.15, 0.2) is 0 Å². The first-order chi connectivity index (χ1) is 17.6. The smallest absolute Gasteiger partial charge is 0.232 e. The van der Waals surface area contributed by atoms with Gasteiger partial charge in [0.2, 0.25) is 23.5 Å². The van der Waals surface area contributed by atoms with E-state index in [4.69, 9.17) is 9.26 Å². The lowest BCUT2D eigenvalue weighted by Crippen LogP contribution is -2.37. The molecule has 1 aliphatic carbocycles. The topological polar surface area (TPSA) is 97.6 Å². The summed E-state index contributed by atoms with van der Waals surface area (Å²) in [5, 5.41) is 7.36. The van der Waals surface area contributed by atoms with Gasteiger partial charge in [-0.15, -0.1) is 0 Å². The number of methoxy groups -OCH3 is 1. The summed E-state index contributed by atoms with van der Waals surface area (Å²) in [5.74, 6) is 1.56. The second-order valence-corrected chi connectivity index (χ2v) is 9.65. The number of ether oxygens (including phenoxy) is 1. The lowest BCUT2D eigenvalue weighted by Gasteiger charge is -2.20. The van der Waals surface area contributed by atoms with Crippen LogP contribution in [0, 0.1) is 5.92 Å². The molecular formula is C28H32N4O4. The van der Waals surface area contributed by atoms with Gasteiger partial charge >= 0.3 is 0 Å². The SMILES string of the molecule is COc1ccc(CCC(=O)N[C@H]2C[C@H](C(=O)N3CCCC3)C[C@H]2c2nc(-c3ccccc3)no2)cc1. The van der Waals surface area contributed by atoms with Gasteiger partial charge in [-0.3, -0.25) is 9.59 Å². The maximum atomic E-state index is 13.2. The molecule has 8 nitrogen and oxygen atoms in total. The minimum atomic E-state index is -0.228. The average Bonchev–Trinajstić information content (AvgIpc) is 3.69. The van der Waals surface area contributed by atoms with Crippen molar-refractivity contribution in [2.75, 3.05) is 20.2 Å². The van der Waals surface area contributed by atoms with Gasteiger partial charge in [-0.05, 0) is 49.8 Å². The summed E-state index contributed by atoms with van der Waals surface area (Å²) in [6, 6.07) is 17.2. The van der Waals surface area contributed by atoms with Crippen molar-refractivity contribution < 1.29 is 18.8 Å². The molecular weight excluding hydrogens is 456 g/mol. The minimum absolute atomic E-state index is 0.0436. The molecule has 2 aromatic carbocycles. The molecule has 2 aliphatic rings. The molecule has 1 aliphatic heterocycles. The molecule has 1 N–H and O–H groups in total. The zero-order valence-corrected chi connectivity index (χ0v) is 20.6. The Morgan fingerprint density at radius 3 is 2.53 bits per heavy atom. The second-order valence-electron chi connectivity index (χ2n) is 9.65. The van der Waals surface area contributed by atoms with E-state index in [2.05, 4.69) is 15.5 Å². The summed E-state index contributed by atoms with van der Waals surface area (Å²) in [7, 11) is 1.63. The number of aromatic nitrogens is 2. The van der Waals surface area contributed by atoms with Crippen molar-refractivity contribution in [3.8, 4) is 17.1 Å². The van der Waals surface area contributed by atoms with Crippen molar-refractivity contribution in [3.63, 3.8) is 0 Å². The Morgan fingerprint density at radius 1 is 1.06 bits per heavy atom. The maximum absolute atomic E-state index is 13.2. The lowest BCUT2D eigenvalue weighted by atomic mass is 10.0. The zero-order valence-electron chi connectivity index (χ0n) is 20.6. The molecule has 2 amide bonds. The quantitative estimate of drug-likeness (QED) is 0.515. The van der Waals surface area contributed by atoms with E-state index in [1.54, 1.807) is 7.11 Å². The molecule has 5 rings (SSSR count). The number of carbonyl (C=O) groups excluding carboxylic acids is 2. The van der Waals surface area contributed by atoms with Crippen molar-refractivity contribution in [1.29, 1.82) is 0 Å². The van der Waals surface area contributed by atoms with Crippen LogP contribution < -0.4 is 10.1 Å². The summed E-state index contributed by atoms with van der Waals surface area (Å²) < 4.78 is 10.9. The molecule has 8 heteroatoms. The molecule has 2 heterocycles. The first-order valence-electron chi connectivity index (χ1n) is 12.7. The van der Waals surface area contributed by atoms with E-state index in [9.17, 15) is 9.59 Å². The fourth-order valence-corrected chi connectivity index (χ4v) is 5.29.